The summed E-state index contributed by atoms with van der Waals surface area (Å²) in [5.41, 5.74) is 2.46. The fourth-order valence-corrected chi connectivity index (χ4v) is 5.70. The highest BCUT2D eigenvalue weighted by Crippen LogP contribution is 2.35. The number of anilines is 1. The standard InChI is InChI=1S/C21H32N6O3.C12H18O/c1-4-19(28)27(18-9-7-6-8-10-18)21(17-30-3)11-13-24(14-12-21)15-16-26-20(29)25(5-2)22-23-26;1-8(2)10-6-5-7-11(9(3)4)12(10)13/h6-10H,4-5,11-17H2,1-3H3;5-9,13H,1-4H3. The number of aromatic hydroxyl groups is 1. The quantitative estimate of drug-likeness (QED) is 0.332. The number of amides is 1. The number of aromatic nitrogens is 4. The van der Waals surface area contributed by atoms with E-state index in [9.17, 15) is 14.7 Å². The van der Waals surface area contributed by atoms with Crippen LogP contribution < -0.4 is 10.6 Å². The van der Waals surface area contributed by atoms with Gasteiger partial charge >= 0.3 is 5.69 Å². The molecule has 0 spiro atoms. The van der Waals surface area contributed by atoms with E-state index in [1.165, 1.54) is 9.36 Å². The molecule has 0 radical (unpaired) electrons. The molecule has 1 amide bonds. The van der Waals surface area contributed by atoms with Crippen molar-refractivity contribution < 1.29 is 14.6 Å². The number of ether oxygens (including phenoxy) is 1. The lowest BCUT2D eigenvalue weighted by Gasteiger charge is -2.48. The number of aryl methyl sites for hydroxylation is 1. The molecule has 1 fully saturated rings. The minimum Gasteiger partial charge on any atom is -0.507 e. The molecule has 1 saturated heterocycles. The van der Waals surface area contributed by atoms with Gasteiger partial charge in [0.15, 0.2) is 0 Å². The Bertz CT molecular complexity index is 1320. The molecular weight excluding hydrogens is 544 g/mol. The number of piperidine rings is 1. The molecule has 236 valence electrons. The molecule has 1 aromatic heterocycles. The number of hydrogen-bond donors (Lipinski definition) is 1. The summed E-state index contributed by atoms with van der Waals surface area (Å²) in [5, 5.41) is 17.7. The van der Waals surface area contributed by atoms with E-state index in [-0.39, 0.29) is 17.1 Å². The van der Waals surface area contributed by atoms with Crippen LogP contribution in [0.1, 0.15) is 83.8 Å². The number of carbonyl (C=O) groups is 1. The van der Waals surface area contributed by atoms with Crippen LogP contribution in [0.25, 0.3) is 0 Å². The lowest BCUT2D eigenvalue weighted by Crippen LogP contribution is -2.60. The molecule has 10 nitrogen and oxygen atoms in total. The first-order valence-electron chi connectivity index (χ1n) is 15.5. The van der Waals surface area contributed by atoms with Gasteiger partial charge in [-0.3, -0.25) is 4.79 Å². The summed E-state index contributed by atoms with van der Waals surface area (Å²) in [6.45, 7) is 16.0. The smallest absolute Gasteiger partial charge is 0.363 e. The average Bonchev–Trinajstić information content (AvgIpc) is 3.36. The van der Waals surface area contributed by atoms with Crippen LogP contribution in [-0.4, -0.2) is 74.6 Å². The van der Waals surface area contributed by atoms with Crippen LogP contribution in [0.4, 0.5) is 5.69 Å². The van der Waals surface area contributed by atoms with Crippen LogP contribution in [0, 0.1) is 0 Å². The Hall–Kier alpha value is -3.50. The fraction of sp³-hybridized carbons (Fsp3) is 0.576. The molecule has 0 atom stereocenters. The zero-order valence-corrected chi connectivity index (χ0v) is 27.0. The summed E-state index contributed by atoms with van der Waals surface area (Å²) in [6, 6.07) is 15.9. The Labute approximate surface area is 256 Å². The Morgan fingerprint density at radius 1 is 0.930 bits per heavy atom. The Morgan fingerprint density at radius 3 is 2.00 bits per heavy atom. The lowest BCUT2D eigenvalue weighted by atomic mass is 9.85. The Kier molecular flexibility index (Phi) is 12.5. The zero-order valence-electron chi connectivity index (χ0n) is 27.0. The first-order chi connectivity index (χ1) is 20.6. The number of rotatable bonds is 11. The SMILES string of the molecule is CC(C)c1cccc(C(C)C)c1O.CCC(=O)N(c1ccccc1)C1(COC)CCN(CCn2nnn(CC)c2=O)CC1. The van der Waals surface area contributed by atoms with Crippen LogP contribution in [0.5, 0.6) is 5.75 Å². The highest BCUT2D eigenvalue weighted by atomic mass is 16.5. The maximum absolute atomic E-state index is 13.0. The third-order valence-corrected chi connectivity index (χ3v) is 8.21. The highest BCUT2D eigenvalue weighted by molar-refractivity contribution is 5.94. The summed E-state index contributed by atoms with van der Waals surface area (Å²) in [7, 11) is 1.69. The van der Waals surface area contributed by atoms with E-state index in [0.29, 0.717) is 43.7 Å². The third-order valence-electron chi connectivity index (χ3n) is 8.21. The van der Waals surface area contributed by atoms with Gasteiger partial charge in [0.2, 0.25) is 5.91 Å². The summed E-state index contributed by atoms with van der Waals surface area (Å²) < 4.78 is 8.37. The van der Waals surface area contributed by atoms with Crippen molar-refractivity contribution in [3.05, 3.63) is 70.1 Å². The molecule has 0 unspecified atom stereocenters. The Balaban J connectivity index is 0.000000326. The predicted octanol–water partition coefficient (Wildman–Crippen LogP) is 5.02. The van der Waals surface area contributed by atoms with Gasteiger partial charge in [-0.2, -0.15) is 9.36 Å². The van der Waals surface area contributed by atoms with Crippen molar-refractivity contribution in [3.63, 3.8) is 0 Å². The van der Waals surface area contributed by atoms with E-state index in [4.69, 9.17) is 4.74 Å². The van der Waals surface area contributed by atoms with E-state index in [1.807, 2.05) is 67.3 Å². The molecule has 3 aromatic rings. The number of hydrogen-bond acceptors (Lipinski definition) is 7. The first kappa shape index (κ1) is 34.0. The van der Waals surface area contributed by atoms with Crippen molar-refractivity contribution in [1.29, 1.82) is 0 Å². The Morgan fingerprint density at radius 2 is 1.51 bits per heavy atom. The zero-order chi connectivity index (χ0) is 31.6. The first-order valence-corrected chi connectivity index (χ1v) is 15.5. The summed E-state index contributed by atoms with van der Waals surface area (Å²) in [6.07, 6.45) is 2.05. The van der Waals surface area contributed by atoms with Crippen molar-refractivity contribution in [2.45, 2.75) is 91.3 Å². The number of benzene rings is 2. The number of methoxy groups -OCH3 is 1. The van der Waals surface area contributed by atoms with E-state index in [2.05, 4.69) is 43.0 Å². The van der Waals surface area contributed by atoms with Crippen molar-refractivity contribution in [2.75, 3.05) is 38.3 Å². The minimum atomic E-state index is -0.373. The minimum absolute atomic E-state index is 0.106. The molecule has 10 heteroatoms. The second kappa shape index (κ2) is 15.8. The average molecular weight is 595 g/mol. The van der Waals surface area contributed by atoms with Crippen LogP contribution in [0.3, 0.4) is 0 Å². The van der Waals surface area contributed by atoms with Crippen LogP contribution in [0.15, 0.2) is 53.3 Å². The molecule has 1 aliphatic rings. The number of phenols is 1. The largest absolute Gasteiger partial charge is 0.507 e. The fourth-order valence-electron chi connectivity index (χ4n) is 5.70. The molecular formula is C33H50N6O4. The number of tetrazole rings is 1. The van der Waals surface area contributed by atoms with E-state index in [1.54, 1.807) is 7.11 Å². The predicted molar refractivity (Wildman–Crippen MR) is 171 cm³/mol. The molecule has 0 bridgehead atoms. The van der Waals surface area contributed by atoms with Gasteiger partial charge in [0.1, 0.15) is 5.75 Å². The van der Waals surface area contributed by atoms with Gasteiger partial charge in [0.05, 0.1) is 18.7 Å². The number of phenolic OH excluding ortho intramolecular Hbond substituents is 1. The van der Waals surface area contributed by atoms with Gasteiger partial charge in [-0.15, -0.1) is 0 Å². The number of para-hydroxylation sites is 2. The van der Waals surface area contributed by atoms with E-state index < -0.39 is 0 Å². The van der Waals surface area contributed by atoms with Crippen LogP contribution >= 0.6 is 0 Å². The summed E-state index contributed by atoms with van der Waals surface area (Å²) >= 11 is 0. The van der Waals surface area contributed by atoms with Crippen molar-refractivity contribution in [2.24, 2.45) is 0 Å². The van der Waals surface area contributed by atoms with Gasteiger partial charge in [-0.05, 0) is 65.3 Å². The molecule has 4 rings (SSSR count). The van der Waals surface area contributed by atoms with Crippen molar-refractivity contribution in [3.8, 4) is 5.75 Å². The summed E-state index contributed by atoms with van der Waals surface area (Å²) in [4.78, 5) is 29.4. The molecule has 2 aromatic carbocycles. The molecule has 0 saturated carbocycles. The maximum Gasteiger partial charge on any atom is 0.363 e. The van der Waals surface area contributed by atoms with E-state index in [0.717, 1.165) is 49.3 Å². The number of nitrogens with zero attached hydrogens (tertiary/aromatic N) is 6. The van der Waals surface area contributed by atoms with Gasteiger partial charge < -0.3 is 19.6 Å². The molecule has 1 N–H and O–H groups in total. The van der Waals surface area contributed by atoms with E-state index >= 15 is 0 Å². The molecule has 2 heterocycles. The second-order valence-electron chi connectivity index (χ2n) is 11.8. The number of carbonyl (C=O) groups excluding carboxylic acids is 1. The maximum atomic E-state index is 13.0. The van der Waals surface area contributed by atoms with Gasteiger partial charge in [0.25, 0.3) is 0 Å². The molecule has 43 heavy (non-hydrogen) atoms. The van der Waals surface area contributed by atoms with Crippen molar-refractivity contribution >= 4 is 11.6 Å². The second-order valence-corrected chi connectivity index (χ2v) is 11.8. The normalized spacial score (nSPS) is 14.9. The number of likely N-dealkylation sites (tertiary alicyclic amines) is 1. The monoisotopic (exact) mass is 594 g/mol. The van der Waals surface area contributed by atoms with Crippen molar-refractivity contribution in [1.82, 2.24) is 24.7 Å². The summed E-state index contributed by atoms with van der Waals surface area (Å²) in [5.74, 6) is 1.36. The van der Waals surface area contributed by atoms with Gasteiger partial charge in [-0.1, -0.05) is 71.0 Å². The highest BCUT2D eigenvalue weighted by Gasteiger charge is 2.42. The third kappa shape index (κ3) is 8.32. The molecule has 1 aliphatic heterocycles. The van der Waals surface area contributed by atoms with Gasteiger partial charge in [0, 0.05) is 45.4 Å². The topological polar surface area (TPSA) is 106 Å². The van der Waals surface area contributed by atoms with Crippen LogP contribution in [-0.2, 0) is 22.6 Å². The lowest BCUT2D eigenvalue weighted by molar-refractivity contribution is -0.120. The van der Waals surface area contributed by atoms with Gasteiger partial charge in [-0.25, -0.2) is 4.79 Å². The van der Waals surface area contributed by atoms with Crippen LogP contribution in [0.2, 0.25) is 0 Å². The molecule has 0 aliphatic carbocycles.